The highest BCUT2D eigenvalue weighted by Gasteiger charge is 2.36. The van der Waals surface area contributed by atoms with Gasteiger partial charge in [0, 0.05) is 12.0 Å². The van der Waals surface area contributed by atoms with Crippen LogP contribution in [0.15, 0.2) is 30.5 Å². The van der Waals surface area contributed by atoms with E-state index >= 15 is 0 Å². The van der Waals surface area contributed by atoms with Gasteiger partial charge in [-0.15, -0.1) is 0 Å². The summed E-state index contributed by atoms with van der Waals surface area (Å²) in [5, 5.41) is 7.50. The zero-order chi connectivity index (χ0) is 19.6. The number of esters is 1. The van der Waals surface area contributed by atoms with Crippen LogP contribution in [0.5, 0.6) is 0 Å². The van der Waals surface area contributed by atoms with Crippen LogP contribution in [0.2, 0.25) is 0 Å². The molecule has 6 nitrogen and oxygen atoms in total. The lowest BCUT2D eigenvalue weighted by Crippen LogP contribution is -2.36. The molecule has 1 amide bonds. The summed E-state index contributed by atoms with van der Waals surface area (Å²) in [6.07, 6.45) is 3.48. The summed E-state index contributed by atoms with van der Waals surface area (Å²) in [6, 6.07) is 6.01. The maximum atomic E-state index is 13.2. The van der Waals surface area contributed by atoms with Crippen LogP contribution in [0, 0.1) is 11.2 Å². The summed E-state index contributed by atoms with van der Waals surface area (Å²) < 4.78 is 19.6. The molecule has 1 aromatic heterocycles. The maximum Gasteiger partial charge on any atom is 0.306 e. The van der Waals surface area contributed by atoms with E-state index in [1.165, 1.54) is 19.2 Å². The van der Waals surface area contributed by atoms with Crippen LogP contribution in [0.4, 0.5) is 4.39 Å². The Labute approximate surface area is 157 Å². The minimum absolute atomic E-state index is 0.0366. The summed E-state index contributed by atoms with van der Waals surface area (Å²) in [5.74, 6) is -0.890. The van der Waals surface area contributed by atoms with E-state index in [4.69, 9.17) is 0 Å². The van der Waals surface area contributed by atoms with Crippen LogP contribution in [0.1, 0.15) is 50.4 Å². The molecule has 1 N–H and O–H groups in total. The molecule has 0 bridgehead atoms. The van der Waals surface area contributed by atoms with E-state index in [1.54, 1.807) is 18.3 Å². The minimum atomic E-state index is -0.404. The highest BCUT2D eigenvalue weighted by Crippen LogP contribution is 2.41. The van der Waals surface area contributed by atoms with Gasteiger partial charge in [-0.25, -0.2) is 9.07 Å². The van der Waals surface area contributed by atoms with Gasteiger partial charge in [0.25, 0.3) is 0 Å². The van der Waals surface area contributed by atoms with Crippen LogP contribution in [0.3, 0.4) is 0 Å². The Morgan fingerprint density at radius 2 is 2.00 bits per heavy atom. The molecule has 1 aliphatic rings. The average molecular weight is 373 g/mol. The van der Waals surface area contributed by atoms with E-state index in [0.29, 0.717) is 0 Å². The first-order chi connectivity index (χ1) is 12.8. The number of methoxy groups -OCH3 is 1. The second-order valence-electron chi connectivity index (χ2n) is 7.68. The zero-order valence-corrected chi connectivity index (χ0v) is 15.8. The maximum absolute atomic E-state index is 13.2. The highest BCUT2D eigenvalue weighted by atomic mass is 19.1. The van der Waals surface area contributed by atoms with Gasteiger partial charge in [0.1, 0.15) is 5.82 Å². The number of hydrogen-bond acceptors (Lipinski definition) is 4. The van der Waals surface area contributed by atoms with Crippen LogP contribution >= 0.6 is 0 Å². The van der Waals surface area contributed by atoms with E-state index in [2.05, 4.69) is 29.0 Å². The normalized spacial score (nSPS) is 17.9. The molecular formula is C20H24FN3O3. The van der Waals surface area contributed by atoms with Gasteiger partial charge in [0.15, 0.2) is 0 Å². The fourth-order valence-corrected chi connectivity index (χ4v) is 3.56. The standard InChI is InChI=1S/C20H24FN3O3/c1-20(2)10-16(23-18(25)8-9-19(26)27-3)15-12-22-24(17(15)11-20)14-6-4-13(21)5-7-14/h4-7,12,16H,8-11H2,1-3H3,(H,23,25)/t16-/m0/s1. The van der Waals surface area contributed by atoms with Crippen molar-refractivity contribution in [3.05, 3.63) is 47.5 Å². The summed E-state index contributed by atoms with van der Waals surface area (Å²) in [7, 11) is 1.31. The predicted octanol–water partition coefficient (Wildman–Crippen LogP) is 3.09. The molecule has 7 heteroatoms. The summed E-state index contributed by atoms with van der Waals surface area (Å²) in [5.41, 5.74) is 2.72. The zero-order valence-electron chi connectivity index (χ0n) is 15.8. The Kier molecular flexibility index (Phi) is 5.30. The third kappa shape index (κ3) is 4.35. The Hall–Kier alpha value is -2.70. The topological polar surface area (TPSA) is 73.2 Å². The number of halogens is 1. The molecule has 0 unspecified atom stereocenters. The Bertz CT molecular complexity index is 843. The van der Waals surface area contributed by atoms with Crippen LogP contribution in [0.25, 0.3) is 5.69 Å². The van der Waals surface area contributed by atoms with E-state index < -0.39 is 5.97 Å². The van der Waals surface area contributed by atoms with Crippen molar-refractivity contribution >= 4 is 11.9 Å². The molecule has 0 radical (unpaired) electrons. The first-order valence-electron chi connectivity index (χ1n) is 8.98. The van der Waals surface area contributed by atoms with Crippen molar-refractivity contribution in [2.45, 2.75) is 45.6 Å². The first-order valence-corrected chi connectivity index (χ1v) is 8.98. The largest absolute Gasteiger partial charge is 0.469 e. The molecule has 2 aromatic rings. The van der Waals surface area contributed by atoms with Gasteiger partial charge in [-0.2, -0.15) is 5.10 Å². The molecule has 0 aliphatic heterocycles. The van der Waals surface area contributed by atoms with Crippen molar-refractivity contribution in [1.29, 1.82) is 0 Å². The quantitative estimate of drug-likeness (QED) is 0.818. The molecule has 3 rings (SSSR count). The number of amides is 1. The van der Waals surface area contributed by atoms with E-state index in [1.807, 2.05) is 4.68 Å². The van der Waals surface area contributed by atoms with Crippen molar-refractivity contribution in [2.75, 3.05) is 7.11 Å². The van der Waals surface area contributed by atoms with Gasteiger partial charge in [0.05, 0.1) is 37.2 Å². The second-order valence-corrected chi connectivity index (χ2v) is 7.68. The summed E-state index contributed by atoms with van der Waals surface area (Å²) in [4.78, 5) is 23.5. The van der Waals surface area contributed by atoms with Gasteiger partial charge >= 0.3 is 5.97 Å². The molecule has 27 heavy (non-hydrogen) atoms. The van der Waals surface area contributed by atoms with Crippen LogP contribution < -0.4 is 5.32 Å². The first kappa shape index (κ1) is 19.1. The molecule has 0 spiro atoms. The second kappa shape index (κ2) is 7.50. The number of fused-ring (bicyclic) bond motifs is 1. The molecule has 0 fully saturated rings. The molecule has 1 aromatic carbocycles. The van der Waals surface area contributed by atoms with Crippen LogP contribution in [-0.4, -0.2) is 28.8 Å². The highest BCUT2D eigenvalue weighted by molar-refractivity contribution is 5.81. The third-order valence-corrected chi connectivity index (χ3v) is 4.87. The van der Waals surface area contributed by atoms with E-state index in [9.17, 15) is 14.0 Å². The van der Waals surface area contributed by atoms with Gasteiger partial charge < -0.3 is 10.1 Å². The van der Waals surface area contributed by atoms with Gasteiger partial charge in [0.2, 0.25) is 5.91 Å². The predicted molar refractivity (Wildman–Crippen MR) is 97.8 cm³/mol. The van der Waals surface area contributed by atoms with Crippen LogP contribution in [-0.2, 0) is 20.7 Å². The van der Waals surface area contributed by atoms with Crippen molar-refractivity contribution < 1.29 is 18.7 Å². The Balaban J connectivity index is 1.83. The number of carbonyl (C=O) groups excluding carboxylic acids is 2. The lowest BCUT2D eigenvalue weighted by Gasteiger charge is -2.36. The van der Waals surface area contributed by atoms with Gasteiger partial charge in [-0.05, 0) is 42.5 Å². The molecular weight excluding hydrogens is 349 g/mol. The third-order valence-electron chi connectivity index (χ3n) is 4.87. The number of nitrogens with one attached hydrogen (secondary N) is 1. The molecule has 0 saturated heterocycles. The number of carbonyl (C=O) groups is 2. The van der Waals surface area contributed by atoms with Crippen molar-refractivity contribution in [1.82, 2.24) is 15.1 Å². The number of ether oxygens (including phenoxy) is 1. The lowest BCUT2D eigenvalue weighted by atomic mass is 9.74. The SMILES string of the molecule is COC(=O)CCC(=O)N[C@H]1CC(C)(C)Cc2c1cnn2-c1ccc(F)cc1. The molecule has 144 valence electrons. The summed E-state index contributed by atoms with van der Waals surface area (Å²) in [6.45, 7) is 4.29. The molecule has 1 aliphatic carbocycles. The monoisotopic (exact) mass is 373 g/mol. The Morgan fingerprint density at radius 3 is 2.67 bits per heavy atom. The summed E-state index contributed by atoms with van der Waals surface area (Å²) >= 11 is 0. The molecule has 1 atom stereocenters. The molecule has 1 heterocycles. The van der Waals surface area contributed by atoms with Crippen molar-refractivity contribution in [3.8, 4) is 5.69 Å². The number of benzene rings is 1. The fourth-order valence-electron chi connectivity index (χ4n) is 3.56. The van der Waals surface area contributed by atoms with Crippen molar-refractivity contribution in [2.24, 2.45) is 5.41 Å². The number of rotatable bonds is 5. The van der Waals surface area contributed by atoms with E-state index in [-0.39, 0.29) is 36.0 Å². The van der Waals surface area contributed by atoms with Gasteiger partial charge in [-0.1, -0.05) is 13.8 Å². The van der Waals surface area contributed by atoms with Crippen molar-refractivity contribution in [3.63, 3.8) is 0 Å². The van der Waals surface area contributed by atoms with E-state index in [0.717, 1.165) is 29.8 Å². The molecule has 0 saturated carbocycles. The average Bonchev–Trinajstić information content (AvgIpc) is 3.03. The number of hydrogen-bond donors (Lipinski definition) is 1. The fraction of sp³-hybridized carbons (Fsp3) is 0.450. The minimum Gasteiger partial charge on any atom is -0.469 e. The smallest absolute Gasteiger partial charge is 0.306 e. The number of nitrogens with zero attached hydrogens (tertiary/aromatic N) is 2. The van der Waals surface area contributed by atoms with Gasteiger partial charge in [-0.3, -0.25) is 9.59 Å². The Morgan fingerprint density at radius 1 is 1.30 bits per heavy atom. The number of aromatic nitrogens is 2. The lowest BCUT2D eigenvalue weighted by molar-refractivity contribution is -0.142.